The third-order valence-corrected chi connectivity index (χ3v) is 7.55. The summed E-state index contributed by atoms with van der Waals surface area (Å²) in [5.74, 6) is -3.16. The lowest BCUT2D eigenvalue weighted by Crippen LogP contribution is -2.34. The van der Waals surface area contributed by atoms with E-state index in [0.29, 0.717) is 4.47 Å². The molecule has 0 aliphatic rings. The van der Waals surface area contributed by atoms with Gasteiger partial charge in [-0.1, -0.05) is 39.3 Å². The topological polar surface area (TPSA) is 141 Å². The van der Waals surface area contributed by atoms with Gasteiger partial charge in [0.15, 0.2) is 23.1 Å². The molecule has 0 saturated carbocycles. The second-order valence-electron chi connectivity index (χ2n) is 6.02. The Morgan fingerprint density at radius 1 is 0.619 bits per heavy atom. The zero-order valence-corrected chi connectivity index (χ0v) is 24.0. The average Bonchev–Trinajstić information content (AvgIpc) is 2.71. The van der Waals surface area contributed by atoms with Gasteiger partial charge >= 0.3 is 46.9 Å². The maximum absolute atomic E-state index is 13.0. The molecule has 0 heterocycles. The summed E-state index contributed by atoms with van der Waals surface area (Å²) in [6, 6.07) is 6.75. The maximum Gasteiger partial charge on any atom is 0.534 e. The van der Waals surface area contributed by atoms with Crippen LogP contribution in [0.3, 0.4) is 0 Å². The van der Waals surface area contributed by atoms with Crippen LogP contribution in [0.4, 0.5) is 48.3 Å². The fourth-order valence-corrected chi connectivity index (χ4v) is 4.08. The Kier molecular flexibility index (Phi) is 16.7. The number of hydrogen-bond acceptors (Lipinski definition) is 9. The highest BCUT2D eigenvalue weighted by Gasteiger charge is 2.57. The maximum atomic E-state index is 13.0. The molecule has 0 aliphatic heterocycles. The van der Waals surface area contributed by atoms with E-state index in [1.54, 1.807) is 6.07 Å². The first-order chi connectivity index (χ1) is 17.5. The van der Waals surface area contributed by atoms with Crippen LogP contribution < -0.4 is 4.18 Å². The van der Waals surface area contributed by atoms with Gasteiger partial charge in [0.05, 0.1) is 0 Å². The van der Waals surface area contributed by atoms with Gasteiger partial charge in [-0.05, 0) is 36.4 Å². The largest absolute Gasteiger partial charge is 0.534 e. The first-order valence-corrected chi connectivity index (χ1v) is 14.3. The van der Waals surface area contributed by atoms with Crippen molar-refractivity contribution < 1.29 is 86.5 Å². The number of aromatic hydroxyl groups is 1. The summed E-state index contributed by atoms with van der Waals surface area (Å²) in [5, 5.41) is 8.65. The van der Waals surface area contributed by atoms with E-state index in [1.807, 2.05) is 3.63 Å². The quantitative estimate of drug-likeness (QED) is 0.169. The Hall–Kier alpha value is -1.90. The van der Waals surface area contributed by atoms with Crippen LogP contribution in [0.25, 0.3) is 0 Å². The highest BCUT2D eigenvalue weighted by atomic mass is 79.9. The molecule has 241 valence electrons. The smallest absolute Gasteiger partial charge is 0.505 e. The van der Waals surface area contributed by atoms with Gasteiger partial charge in [-0.15, -0.1) is 3.63 Å². The highest BCUT2D eigenvalue weighted by molar-refractivity contribution is 9.10. The van der Waals surface area contributed by atoms with Crippen molar-refractivity contribution in [1.29, 1.82) is 0 Å². The number of benzene rings is 2. The molecule has 0 atom stereocenters. The standard InChI is InChI=1S/C7H3BrF4O3S.C6H4BrFO.C2F6O5S2.CH4.B/c8-4-1-2-6(5(9)3-4)15-16(13,14)7(10,11)12;7-4-1-2-6(9)5(8)3-4;3-1(4,5)14(9,10)13-15(11,12)2(6,7)8;;/h1-3H;1-3,9H;;1H4;. The predicted octanol–water partition coefficient (Wildman–Crippen LogP) is 6.07. The van der Waals surface area contributed by atoms with E-state index >= 15 is 0 Å². The van der Waals surface area contributed by atoms with Gasteiger partial charge in [-0.25, -0.2) is 8.78 Å². The molecule has 42 heavy (non-hydrogen) atoms. The van der Waals surface area contributed by atoms with Crippen molar-refractivity contribution >= 4 is 70.6 Å². The van der Waals surface area contributed by atoms with E-state index in [2.05, 4.69) is 36.0 Å². The van der Waals surface area contributed by atoms with Crippen LogP contribution in [0, 0.1) is 11.6 Å². The Bertz CT molecular complexity index is 1470. The monoisotopic (exact) mass is 821 g/mol. The number of halogens is 13. The van der Waals surface area contributed by atoms with E-state index < -0.39 is 64.3 Å². The lowest BCUT2D eigenvalue weighted by Gasteiger charge is -2.09. The van der Waals surface area contributed by atoms with Crippen LogP contribution in [-0.2, 0) is 34.0 Å². The zero-order valence-electron chi connectivity index (χ0n) is 18.4. The van der Waals surface area contributed by atoms with Crippen molar-refractivity contribution in [2.45, 2.75) is 24.0 Å². The van der Waals surface area contributed by atoms with E-state index in [1.165, 1.54) is 12.1 Å². The molecule has 0 spiro atoms. The van der Waals surface area contributed by atoms with E-state index in [-0.39, 0.29) is 26.1 Å². The molecule has 0 aliphatic carbocycles. The molecule has 0 amide bonds. The minimum Gasteiger partial charge on any atom is -0.505 e. The van der Waals surface area contributed by atoms with Crippen molar-refractivity contribution in [1.82, 2.24) is 0 Å². The number of rotatable bonds is 4. The molecule has 0 fully saturated rings. The number of alkyl halides is 9. The summed E-state index contributed by atoms with van der Waals surface area (Å²) in [4.78, 5) is 0. The Morgan fingerprint density at radius 2 is 0.952 bits per heavy atom. The highest BCUT2D eigenvalue weighted by Crippen LogP contribution is 2.32. The summed E-state index contributed by atoms with van der Waals surface area (Å²) in [6.07, 6.45) is 0. The molecule has 26 heteroatoms. The van der Waals surface area contributed by atoms with Gasteiger partial charge in [0, 0.05) is 17.4 Å². The molecule has 2 rings (SSSR count). The Labute approximate surface area is 248 Å². The molecule has 0 bridgehead atoms. The SMILES string of the molecule is C.O=S(=O)(OS(=O)(=O)C(F)(F)F)C(F)(F)F.O=S(=O)(Oc1ccc(Br)cc1F)C(F)(F)F.Oc1ccc(Br)cc1F.[B]. The summed E-state index contributed by atoms with van der Waals surface area (Å²) in [5.41, 5.74) is -18.1. The number of phenols is 1. The van der Waals surface area contributed by atoms with Crippen LogP contribution in [-0.4, -0.2) is 55.3 Å². The lowest BCUT2D eigenvalue weighted by molar-refractivity contribution is -0.0586. The van der Waals surface area contributed by atoms with Crippen LogP contribution in [0.5, 0.6) is 11.5 Å². The minimum atomic E-state index is -6.85. The molecule has 2 aromatic carbocycles. The van der Waals surface area contributed by atoms with E-state index in [4.69, 9.17) is 5.11 Å². The van der Waals surface area contributed by atoms with Gasteiger partial charge in [-0.2, -0.15) is 64.8 Å². The zero-order chi connectivity index (χ0) is 32.1. The number of hydrogen-bond donors (Lipinski definition) is 1. The molecule has 0 aromatic heterocycles. The average molecular weight is 823 g/mol. The fourth-order valence-electron chi connectivity index (χ4n) is 1.38. The molecular weight excluding hydrogens is 812 g/mol. The molecule has 1 N–H and O–H groups in total. The molecule has 9 nitrogen and oxygen atoms in total. The normalized spacial score (nSPS) is 12.3. The molecule has 3 radical (unpaired) electrons. The second kappa shape index (κ2) is 15.7. The molecule has 2 aromatic rings. The Morgan fingerprint density at radius 3 is 1.24 bits per heavy atom. The van der Waals surface area contributed by atoms with Crippen LogP contribution in [0.2, 0.25) is 0 Å². The van der Waals surface area contributed by atoms with Crippen LogP contribution in [0.15, 0.2) is 45.3 Å². The van der Waals surface area contributed by atoms with Crippen molar-refractivity contribution in [3.8, 4) is 11.5 Å². The van der Waals surface area contributed by atoms with Crippen molar-refractivity contribution in [3.63, 3.8) is 0 Å². The van der Waals surface area contributed by atoms with Crippen molar-refractivity contribution in [2.24, 2.45) is 0 Å². The van der Waals surface area contributed by atoms with E-state index in [9.17, 15) is 73.5 Å². The lowest BCUT2D eigenvalue weighted by atomic mass is 10.3. The molecule has 0 saturated heterocycles. The third kappa shape index (κ3) is 13.6. The summed E-state index contributed by atoms with van der Waals surface area (Å²) < 4.78 is 197. The predicted molar refractivity (Wildman–Crippen MR) is 129 cm³/mol. The van der Waals surface area contributed by atoms with Crippen LogP contribution >= 0.6 is 31.9 Å². The summed E-state index contributed by atoms with van der Waals surface area (Å²) >= 11 is 5.89. The summed E-state index contributed by atoms with van der Waals surface area (Å²) in [7, 11) is -19.5. The third-order valence-electron chi connectivity index (χ3n) is 3.03. The van der Waals surface area contributed by atoms with Gasteiger partial charge in [0.2, 0.25) is 0 Å². The first-order valence-electron chi connectivity index (χ1n) is 8.47. The first kappa shape index (κ1) is 44.5. The van der Waals surface area contributed by atoms with E-state index in [0.717, 1.165) is 18.2 Å². The van der Waals surface area contributed by atoms with Crippen molar-refractivity contribution in [2.75, 3.05) is 0 Å². The Balaban J connectivity index is -0.000000549. The van der Waals surface area contributed by atoms with Gasteiger partial charge < -0.3 is 9.29 Å². The summed E-state index contributed by atoms with van der Waals surface area (Å²) in [6.45, 7) is 0. The van der Waals surface area contributed by atoms with Crippen molar-refractivity contribution in [3.05, 3.63) is 57.0 Å². The van der Waals surface area contributed by atoms with Gasteiger partial charge in [0.1, 0.15) is 0 Å². The number of phenolic OH excluding ortho intramolecular Hbond substituents is 1. The van der Waals surface area contributed by atoms with Crippen LogP contribution in [0.1, 0.15) is 7.43 Å². The second-order valence-corrected chi connectivity index (χ2v) is 12.7. The van der Waals surface area contributed by atoms with Gasteiger partial charge in [0.25, 0.3) is 0 Å². The van der Waals surface area contributed by atoms with Gasteiger partial charge in [-0.3, -0.25) is 0 Å². The molecule has 0 unspecified atom stereocenters. The molecular formula is C16H11BBr2F11O9S3. The minimum absolute atomic E-state index is 0. The fraction of sp³-hybridized carbons (Fsp3) is 0.250.